The summed E-state index contributed by atoms with van der Waals surface area (Å²) in [5, 5.41) is 9.90. The summed E-state index contributed by atoms with van der Waals surface area (Å²) in [5.41, 5.74) is 21.5. The summed E-state index contributed by atoms with van der Waals surface area (Å²) in [4.78, 5) is 8.60. The molecule has 0 saturated heterocycles. The first-order chi connectivity index (χ1) is 12.1. The van der Waals surface area contributed by atoms with Crippen molar-refractivity contribution in [2.45, 2.75) is 18.9 Å². The van der Waals surface area contributed by atoms with E-state index >= 15 is 0 Å². The Kier molecular flexibility index (Phi) is 3.55. The molecule has 0 bridgehead atoms. The molecule has 1 aliphatic carbocycles. The molecule has 7 heteroatoms. The quantitative estimate of drug-likeness (QED) is 0.628. The highest BCUT2D eigenvalue weighted by Gasteiger charge is 2.31. The van der Waals surface area contributed by atoms with E-state index in [0.29, 0.717) is 35.6 Å². The molecule has 0 radical (unpaired) electrons. The van der Waals surface area contributed by atoms with E-state index < -0.39 is 0 Å². The van der Waals surface area contributed by atoms with Crippen molar-refractivity contribution in [3.63, 3.8) is 0 Å². The Morgan fingerprint density at radius 1 is 1.24 bits per heavy atom. The van der Waals surface area contributed by atoms with E-state index in [2.05, 4.69) is 26.8 Å². The van der Waals surface area contributed by atoms with Gasteiger partial charge in [0.2, 0.25) is 0 Å². The smallest absolute Gasteiger partial charge is 0.146 e. The summed E-state index contributed by atoms with van der Waals surface area (Å²) in [7, 11) is 0. The van der Waals surface area contributed by atoms with E-state index in [0.717, 1.165) is 35.0 Å². The lowest BCUT2D eigenvalue weighted by atomic mass is 9.80. The fourth-order valence-electron chi connectivity index (χ4n) is 3.56. The van der Waals surface area contributed by atoms with Crippen LogP contribution in [0.2, 0.25) is 0 Å². The SMILES string of the molecule is N#Cc1ccc(-c2cn(C3CC(CN)C3)c3ncnc(N)c23)cc1N. The summed E-state index contributed by atoms with van der Waals surface area (Å²) >= 11 is 0. The summed E-state index contributed by atoms with van der Waals surface area (Å²) in [5.74, 6) is 1.01. The first-order valence-electron chi connectivity index (χ1n) is 8.23. The van der Waals surface area contributed by atoms with Crippen LogP contribution in [0, 0.1) is 17.2 Å². The molecule has 25 heavy (non-hydrogen) atoms. The van der Waals surface area contributed by atoms with Gasteiger partial charge in [0.25, 0.3) is 0 Å². The molecule has 6 N–H and O–H groups in total. The van der Waals surface area contributed by atoms with E-state index in [1.165, 1.54) is 6.33 Å². The first-order valence-corrected chi connectivity index (χ1v) is 8.23. The Bertz CT molecular complexity index is 993. The molecule has 2 aromatic heterocycles. The lowest BCUT2D eigenvalue weighted by molar-refractivity contribution is 0.209. The Morgan fingerprint density at radius 2 is 2.04 bits per heavy atom. The fraction of sp³-hybridized carbons (Fsp3) is 0.278. The molecule has 0 unspecified atom stereocenters. The molecule has 3 aromatic rings. The van der Waals surface area contributed by atoms with E-state index in [1.54, 1.807) is 12.1 Å². The number of benzene rings is 1. The van der Waals surface area contributed by atoms with Crippen LogP contribution in [-0.2, 0) is 0 Å². The third-order valence-electron chi connectivity index (χ3n) is 5.06. The average molecular weight is 333 g/mol. The molecule has 4 rings (SSSR count). The van der Waals surface area contributed by atoms with Gasteiger partial charge in [-0.25, -0.2) is 9.97 Å². The summed E-state index contributed by atoms with van der Waals surface area (Å²) in [6.45, 7) is 0.714. The van der Waals surface area contributed by atoms with Crippen molar-refractivity contribution < 1.29 is 0 Å². The van der Waals surface area contributed by atoms with Crippen molar-refractivity contribution in [2.24, 2.45) is 11.7 Å². The molecule has 0 spiro atoms. The number of nitrogen functional groups attached to an aromatic ring is 2. The van der Waals surface area contributed by atoms with Gasteiger partial charge in [0.05, 0.1) is 16.6 Å². The Hall–Kier alpha value is -3.11. The zero-order chi connectivity index (χ0) is 17.6. The molecule has 1 saturated carbocycles. The van der Waals surface area contributed by atoms with Crippen LogP contribution in [0.3, 0.4) is 0 Å². The van der Waals surface area contributed by atoms with Gasteiger partial charge in [-0.15, -0.1) is 0 Å². The summed E-state index contributed by atoms with van der Waals surface area (Å²) in [6.07, 6.45) is 5.64. The van der Waals surface area contributed by atoms with Crippen molar-refractivity contribution in [1.29, 1.82) is 5.26 Å². The highest BCUT2D eigenvalue weighted by molar-refractivity contribution is 6.01. The second-order valence-electron chi connectivity index (χ2n) is 6.55. The van der Waals surface area contributed by atoms with Gasteiger partial charge in [0.15, 0.2) is 0 Å². The second kappa shape index (κ2) is 5.76. The molecule has 1 aromatic carbocycles. The molecule has 0 atom stereocenters. The Morgan fingerprint density at radius 3 is 2.72 bits per heavy atom. The fourth-order valence-corrected chi connectivity index (χ4v) is 3.56. The standard InChI is InChI=1S/C18H19N7/c19-6-10-3-13(4-10)25-8-14(16-17(22)23-9-24-18(16)25)11-1-2-12(7-20)15(21)5-11/h1-2,5,8-10,13H,3-4,6,19,21H2,(H2,22,23,24). The van der Waals surface area contributed by atoms with E-state index in [-0.39, 0.29) is 0 Å². The maximum Gasteiger partial charge on any atom is 0.146 e. The highest BCUT2D eigenvalue weighted by atomic mass is 15.1. The van der Waals surface area contributed by atoms with E-state index in [9.17, 15) is 0 Å². The summed E-state index contributed by atoms with van der Waals surface area (Å²) < 4.78 is 2.17. The van der Waals surface area contributed by atoms with Crippen LogP contribution in [-0.4, -0.2) is 21.1 Å². The van der Waals surface area contributed by atoms with Crippen LogP contribution in [0.25, 0.3) is 22.2 Å². The number of fused-ring (bicyclic) bond motifs is 1. The number of aromatic nitrogens is 3. The lowest BCUT2D eigenvalue weighted by Gasteiger charge is -2.35. The summed E-state index contributed by atoms with van der Waals surface area (Å²) in [6, 6.07) is 7.86. The van der Waals surface area contributed by atoms with Crippen LogP contribution in [0.4, 0.5) is 11.5 Å². The molecule has 7 nitrogen and oxygen atoms in total. The van der Waals surface area contributed by atoms with Gasteiger partial charge in [0, 0.05) is 17.8 Å². The minimum Gasteiger partial charge on any atom is -0.398 e. The number of nitrogens with two attached hydrogens (primary N) is 3. The van der Waals surface area contributed by atoms with Crippen LogP contribution in [0.15, 0.2) is 30.7 Å². The first kappa shape index (κ1) is 15.4. The van der Waals surface area contributed by atoms with Gasteiger partial charge in [-0.1, -0.05) is 6.07 Å². The molecule has 0 aliphatic heterocycles. The minimum atomic E-state index is 0.370. The maximum absolute atomic E-state index is 9.08. The zero-order valence-electron chi connectivity index (χ0n) is 13.7. The van der Waals surface area contributed by atoms with Crippen molar-refractivity contribution in [3.05, 3.63) is 36.3 Å². The normalized spacial score (nSPS) is 19.5. The van der Waals surface area contributed by atoms with Gasteiger partial charge in [-0.2, -0.15) is 5.26 Å². The van der Waals surface area contributed by atoms with E-state index in [1.807, 2.05) is 6.07 Å². The Labute approximate surface area is 145 Å². The van der Waals surface area contributed by atoms with Crippen molar-refractivity contribution in [1.82, 2.24) is 14.5 Å². The zero-order valence-corrected chi connectivity index (χ0v) is 13.7. The second-order valence-corrected chi connectivity index (χ2v) is 6.55. The molecule has 126 valence electrons. The highest BCUT2D eigenvalue weighted by Crippen LogP contribution is 2.42. The molecule has 1 fully saturated rings. The Balaban J connectivity index is 1.87. The number of anilines is 2. The largest absolute Gasteiger partial charge is 0.398 e. The number of hydrogen-bond donors (Lipinski definition) is 3. The minimum absolute atomic E-state index is 0.370. The van der Waals surface area contributed by atoms with Gasteiger partial charge >= 0.3 is 0 Å². The van der Waals surface area contributed by atoms with Crippen LogP contribution >= 0.6 is 0 Å². The molecule has 2 heterocycles. The van der Waals surface area contributed by atoms with Crippen molar-refractivity contribution >= 4 is 22.5 Å². The van der Waals surface area contributed by atoms with Gasteiger partial charge in [0.1, 0.15) is 23.9 Å². The van der Waals surface area contributed by atoms with E-state index in [4.69, 9.17) is 22.5 Å². The third kappa shape index (κ3) is 2.39. The molecule has 0 amide bonds. The number of hydrogen-bond acceptors (Lipinski definition) is 6. The molecular formula is C18H19N7. The topological polar surface area (TPSA) is 133 Å². The van der Waals surface area contributed by atoms with Gasteiger partial charge < -0.3 is 21.8 Å². The van der Waals surface area contributed by atoms with Crippen LogP contribution in [0.5, 0.6) is 0 Å². The monoisotopic (exact) mass is 333 g/mol. The van der Waals surface area contributed by atoms with Gasteiger partial charge in [-0.05, 0) is 43.0 Å². The van der Waals surface area contributed by atoms with Crippen LogP contribution < -0.4 is 17.2 Å². The number of rotatable bonds is 3. The number of nitrogens with zero attached hydrogens (tertiary/aromatic N) is 4. The molecular weight excluding hydrogens is 314 g/mol. The van der Waals surface area contributed by atoms with Gasteiger partial charge in [-0.3, -0.25) is 0 Å². The third-order valence-corrected chi connectivity index (χ3v) is 5.06. The average Bonchev–Trinajstić information content (AvgIpc) is 2.95. The predicted molar refractivity (Wildman–Crippen MR) is 97.3 cm³/mol. The molecule has 1 aliphatic rings. The van der Waals surface area contributed by atoms with Crippen molar-refractivity contribution in [3.8, 4) is 17.2 Å². The predicted octanol–water partition coefficient (Wildman–Crippen LogP) is 2.04. The lowest BCUT2D eigenvalue weighted by Crippen LogP contribution is -2.31. The maximum atomic E-state index is 9.08. The number of nitriles is 1. The van der Waals surface area contributed by atoms with Crippen molar-refractivity contribution in [2.75, 3.05) is 18.0 Å². The van der Waals surface area contributed by atoms with Crippen LogP contribution in [0.1, 0.15) is 24.4 Å².